The van der Waals surface area contributed by atoms with Gasteiger partial charge in [0.1, 0.15) is 0 Å². The fraction of sp³-hybridized carbons (Fsp3) is 0.217. The molecular weight excluding hydrogens is 402 g/mol. The second-order valence-corrected chi connectivity index (χ2v) is 8.15. The van der Waals surface area contributed by atoms with Crippen molar-refractivity contribution in [3.8, 4) is 0 Å². The Balaban J connectivity index is 1.76. The van der Waals surface area contributed by atoms with Crippen molar-refractivity contribution in [3.63, 3.8) is 0 Å². The molecule has 0 aliphatic carbocycles. The molecule has 148 valence electrons. The fourth-order valence-electron chi connectivity index (χ4n) is 3.51. The van der Waals surface area contributed by atoms with E-state index in [-0.39, 0.29) is 5.91 Å². The van der Waals surface area contributed by atoms with E-state index in [1.165, 1.54) is 11.8 Å². The highest BCUT2D eigenvalue weighted by atomic mass is 35.5. The number of likely N-dealkylation sites (N-methyl/N-ethyl adjacent to an activating group) is 1. The first kappa shape index (κ1) is 19.8. The number of carbonyl (C=O) groups excluding carboxylic acids is 1. The van der Waals surface area contributed by atoms with Gasteiger partial charge in [-0.15, -0.1) is 0 Å². The highest BCUT2D eigenvalue weighted by Gasteiger charge is 2.32. The van der Waals surface area contributed by atoms with Gasteiger partial charge >= 0.3 is 0 Å². The number of fused-ring (bicyclic) bond motifs is 1. The molecule has 6 heteroatoms. The topological polar surface area (TPSA) is 37.6 Å². The monoisotopic (exact) mass is 423 g/mol. The number of carbonyl (C=O) groups is 1. The Kier molecular flexibility index (Phi) is 5.79. The van der Waals surface area contributed by atoms with E-state index in [1.807, 2.05) is 56.3 Å². The minimum Gasteiger partial charge on any atom is -0.342 e. The van der Waals surface area contributed by atoms with Crippen LogP contribution >= 0.6 is 23.4 Å². The zero-order chi connectivity index (χ0) is 20.4. The Morgan fingerprint density at radius 2 is 1.86 bits per heavy atom. The molecular formula is C23H22ClN3OS. The van der Waals surface area contributed by atoms with E-state index in [9.17, 15) is 4.79 Å². The smallest absolute Gasteiger partial charge is 0.266 e. The summed E-state index contributed by atoms with van der Waals surface area (Å²) < 4.78 is 2.19. The molecule has 4 rings (SSSR count). The summed E-state index contributed by atoms with van der Waals surface area (Å²) in [5.41, 5.74) is 3.21. The maximum atomic E-state index is 12.8. The lowest BCUT2D eigenvalue weighted by molar-refractivity contribution is -0.122. The van der Waals surface area contributed by atoms with Crippen LogP contribution in [0.1, 0.15) is 25.0 Å². The Bertz CT molecular complexity index is 1130. The number of para-hydroxylation sites is 1. The van der Waals surface area contributed by atoms with Gasteiger partial charge in [0.15, 0.2) is 5.17 Å². The third kappa shape index (κ3) is 3.85. The average molecular weight is 424 g/mol. The third-order valence-corrected chi connectivity index (χ3v) is 6.32. The predicted molar refractivity (Wildman–Crippen MR) is 123 cm³/mol. The molecule has 0 atom stereocenters. The van der Waals surface area contributed by atoms with E-state index in [1.54, 1.807) is 4.90 Å². The van der Waals surface area contributed by atoms with Crippen molar-refractivity contribution < 1.29 is 4.79 Å². The SMILES string of the molecule is CCN=C1S/C(=C/c2cn(Cc3ccccc3Cl)c3ccccc23)C(=O)N1CC. The summed E-state index contributed by atoms with van der Waals surface area (Å²) in [4.78, 5) is 19.8. The van der Waals surface area contributed by atoms with Gasteiger partial charge in [0.05, 0.1) is 4.91 Å². The zero-order valence-corrected chi connectivity index (χ0v) is 18.0. The molecule has 4 nitrogen and oxygen atoms in total. The summed E-state index contributed by atoms with van der Waals surface area (Å²) in [5, 5.41) is 2.65. The van der Waals surface area contributed by atoms with Crippen LogP contribution in [0.4, 0.5) is 0 Å². The molecule has 0 spiro atoms. The van der Waals surface area contributed by atoms with Gasteiger partial charge in [0, 0.05) is 47.3 Å². The third-order valence-electron chi connectivity index (χ3n) is 4.90. The van der Waals surface area contributed by atoms with Gasteiger partial charge in [-0.25, -0.2) is 0 Å². The number of halogens is 1. The minimum atomic E-state index is 0.0210. The van der Waals surface area contributed by atoms with E-state index in [4.69, 9.17) is 11.6 Å². The molecule has 0 bridgehead atoms. The van der Waals surface area contributed by atoms with Crippen LogP contribution in [0, 0.1) is 0 Å². The maximum Gasteiger partial charge on any atom is 0.266 e. The van der Waals surface area contributed by atoms with Crippen LogP contribution in [0.5, 0.6) is 0 Å². The molecule has 2 aromatic carbocycles. The van der Waals surface area contributed by atoms with Crippen LogP contribution in [0.3, 0.4) is 0 Å². The molecule has 29 heavy (non-hydrogen) atoms. The second-order valence-electron chi connectivity index (χ2n) is 6.74. The molecule has 1 amide bonds. The van der Waals surface area contributed by atoms with Gasteiger partial charge in [-0.1, -0.05) is 48.0 Å². The summed E-state index contributed by atoms with van der Waals surface area (Å²) in [6.07, 6.45) is 4.08. The standard InChI is InChI=1S/C23H22ClN3OS/c1-3-25-23-27(4-2)22(28)21(29-23)13-17-15-26(20-12-8-6-10-18(17)20)14-16-9-5-7-11-19(16)24/h5-13,15H,3-4,14H2,1-2H3/b21-13+,25-23?. The van der Waals surface area contributed by atoms with Crippen LogP contribution < -0.4 is 0 Å². The number of hydrogen-bond acceptors (Lipinski definition) is 3. The van der Waals surface area contributed by atoms with Crippen molar-refractivity contribution in [1.29, 1.82) is 0 Å². The Hall–Kier alpha value is -2.50. The highest BCUT2D eigenvalue weighted by Crippen LogP contribution is 2.34. The number of amidine groups is 1. The molecule has 3 aromatic rings. The quantitative estimate of drug-likeness (QED) is 0.497. The number of hydrogen-bond donors (Lipinski definition) is 0. The van der Waals surface area contributed by atoms with Crippen LogP contribution in [0.2, 0.25) is 5.02 Å². The number of thioether (sulfide) groups is 1. The van der Waals surface area contributed by atoms with Gasteiger partial charge < -0.3 is 4.57 Å². The minimum absolute atomic E-state index is 0.0210. The van der Waals surface area contributed by atoms with Gasteiger partial charge in [-0.05, 0) is 49.4 Å². The molecule has 0 radical (unpaired) electrons. The summed E-state index contributed by atoms with van der Waals surface area (Å²) in [5.74, 6) is 0.0210. The second kappa shape index (κ2) is 8.47. The number of rotatable bonds is 5. The number of aromatic nitrogens is 1. The van der Waals surface area contributed by atoms with Gasteiger partial charge in [-0.2, -0.15) is 0 Å². The molecule has 1 aromatic heterocycles. The lowest BCUT2D eigenvalue weighted by atomic mass is 10.1. The largest absolute Gasteiger partial charge is 0.342 e. The molecule has 0 saturated carbocycles. The molecule has 1 aliphatic rings. The fourth-order valence-corrected chi connectivity index (χ4v) is 4.80. The normalized spacial score (nSPS) is 17.2. The Labute approximate surface area is 179 Å². The molecule has 1 saturated heterocycles. The predicted octanol–water partition coefficient (Wildman–Crippen LogP) is 5.66. The van der Waals surface area contributed by atoms with Crippen LogP contribution in [0.15, 0.2) is 64.6 Å². The van der Waals surface area contributed by atoms with Crippen molar-refractivity contribution in [2.45, 2.75) is 20.4 Å². The van der Waals surface area contributed by atoms with E-state index in [2.05, 4.69) is 27.9 Å². The highest BCUT2D eigenvalue weighted by molar-refractivity contribution is 8.18. The maximum absolute atomic E-state index is 12.8. The van der Waals surface area contributed by atoms with Crippen molar-refractivity contribution >= 4 is 51.4 Å². The van der Waals surface area contributed by atoms with Crippen LogP contribution in [-0.4, -0.2) is 33.6 Å². The van der Waals surface area contributed by atoms with E-state index < -0.39 is 0 Å². The number of nitrogens with zero attached hydrogens (tertiary/aromatic N) is 3. The number of benzene rings is 2. The van der Waals surface area contributed by atoms with E-state index >= 15 is 0 Å². The molecule has 0 unspecified atom stereocenters. The first-order chi connectivity index (χ1) is 14.1. The summed E-state index contributed by atoms with van der Waals surface area (Å²) in [6, 6.07) is 16.1. The van der Waals surface area contributed by atoms with Gasteiger partial charge in [0.2, 0.25) is 0 Å². The zero-order valence-electron chi connectivity index (χ0n) is 16.4. The lowest BCUT2D eigenvalue weighted by Gasteiger charge is -2.11. The van der Waals surface area contributed by atoms with Crippen molar-refractivity contribution in [3.05, 3.63) is 75.8 Å². The molecule has 1 fully saturated rings. The van der Waals surface area contributed by atoms with Crippen LogP contribution in [0.25, 0.3) is 17.0 Å². The Morgan fingerprint density at radius 3 is 2.62 bits per heavy atom. The average Bonchev–Trinajstić information content (AvgIpc) is 3.22. The van der Waals surface area contributed by atoms with E-state index in [0.717, 1.165) is 32.2 Å². The summed E-state index contributed by atoms with van der Waals surface area (Å²) in [6.45, 7) is 5.92. The van der Waals surface area contributed by atoms with Crippen LogP contribution in [-0.2, 0) is 11.3 Å². The molecule has 1 aliphatic heterocycles. The van der Waals surface area contributed by atoms with E-state index in [0.29, 0.717) is 24.5 Å². The molecule has 2 heterocycles. The summed E-state index contributed by atoms with van der Waals surface area (Å²) in [7, 11) is 0. The van der Waals surface area contributed by atoms with Crippen molar-refractivity contribution in [2.24, 2.45) is 4.99 Å². The number of amides is 1. The molecule has 0 N–H and O–H groups in total. The lowest BCUT2D eigenvalue weighted by Crippen LogP contribution is -2.28. The number of aliphatic imine (C=N–C) groups is 1. The Morgan fingerprint density at radius 1 is 1.10 bits per heavy atom. The summed E-state index contributed by atoms with van der Waals surface area (Å²) >= 11 is 7.83. The van der Waals surface area contributed by atoms with Crippen molar-refractivity contribution in [1.82, 2.24) is 9.47 Å². The van der Waals surface area contributed by atoms with Crippen molar-refractivity contribution in [2.75, 3.05) is 13.1 Å². The first-order valence-electron chi connectivity index (χ1n) is 9.69. The van der Waals surface area contributed by atoms with Gasteiger partial charge in [0.25, 0.3) is 5.91 Å². The first-order valence-corrected chi connectivity index (χ1v) is 10.9. The van der Waals surface area contributed by atoms with Gasteiger partial charge in [-0.3, -0.25) is 14.7 Å².